The van der Waals surface area contributed by atoms with E-state index in [1.807, 2.05) is 0 Å². The molecule has 2 rings (SSSR count). The lowest BCUT2D eigenvalue weighted by Gasteiger charge is -2.08. The monoisotopic (exact) mass is 244 g/mol. The van der Waals surface area contributed by atoms with Crippen molar-refractivity contribution < 1.29 is 9.18 Å². The van der Waals surface area contributed by atoms with Gasteiger partial charge in [-0.2, -0.15) is 0 Å². The lowest BCUT2D eigenvalue weighted by molar-refractivity contribution is 0.0962. The van der Waals surface area contributed by atoms with Crippen LogP contribution in [0.3, 0.4) is 0 Å². The second kappa shape index (κ2) is 5.27. The van der Waals surface area contributed by atoms with Crippen LogP contribution < -0.4 is 0 Å². The quantitative estimate of drug-likeness (QED) is 0.613. The number of pyridine rings is 1. The number of hydrogen-bond donors (Lipinski definition) is 0. The third-order valence-corrected chi connectivity index (χ3v) is 2.50. The van der Waals surface area contributed by atoms with Gasteiger partial charge < -0.3 is 0 Å². The van der Waals surface area contributed by atoms with Crippen LogP contribution in [0.25, 0.3) is 0 Å². The first-order valence-corrected chi connectivity index (χ1v) is 5.24. The summed E-state index contributed by atoms with van der Waals surface area (Å²) in [4.78, 5) is 26.7. The highest BCUT2D eigenvalue weighted by atomic mass is 19.1. The summed E-state index contributed by atoms with van der Waals surface area (Å²) in [5.74, 6) is -0.901. The average molecular weight is 244 g/mol. The van der Waals surface area contributed by atoms with Crippen LogP contribution in [-0.2, 0) is 0 Å². The Morgan fingerprint density at radius 3 is 2.28 bits per heavy atom. The molecule has 1 aromatic carbocycles. The number of halogens is 1. The topological polar surface area (TPSA) is 59.4 Å². The van der Waals surface area contributed by atoms with Crippen LogP contribution in [0.2, 0.25) is 0 Å². The van der Waals surface area contributed by atoms with Gasteiger partial charge in [-0.3, -0.25) is 9.78 Å². The zero-order valence-corrected chi connectivity index (χ0v) is 9.29. The number of aromatic nitrogens is 1. The minimum atomic E-state index is -1.13. The van der Waals surface area contributed by atoms with Gasteiger partial charge in [-0.1, -0.05) is 5.18 Å². The molecule has 0 radical (unpaired) electrons. The molecule has 0 aliphatic carbocycles. The Kier molecular flexibility index (Phi) is 3.52. The Morgan fingerprint density at radius 1 is 1.11 bits per heavy atom. The molecule has 90 valence electrons. The maximum absolute atomic E-state index is 12.8. The number of nitrogens with zero attached hydrogens (tertiary/aromatic N) is 2. The van der Waals surface area contributed by atoms with Crippen molar-refractivity contribution in [2.45, 2.75) is 6.04 Å². The highest BCUT2D eigenvalue weighted by Crippen LogP contribution is 2.21. The number of carbonyl (C=O) groups excluding carboxylic acids is 1. The average Bonchev–Trinajstić information content (AvgIpc) is 2.41. The maximum Gasteiger partial charge on any atom is 0.195 e. The molecule has 0 spiro atoms. The molecule has 0 N–H and O–H groups in total. The summed E-state index contributed by atoms with van der Waals surface area (Å²) < 4.78 is 12.8. The van der Waals surface area contributed by atoms with Gasteiger partial charge in [-0.25, -0.2) is 4.39 Å². The van der Waals surface area contributed by atoms with Gasteiger partial charge in [0.15, 0.2) is 11.8 Å². The number of Topliss-reactive ketones (excluding diaryl/α,β-unsaturated/α-hetero) is 1. The van der Waals surface area contributed by atoms with Gasteiger partial charge in [0.25, 0.3) is 0 Å². The van der Waals surface area contributed by atoms with Crippen LogP contribution in [0.4, 0.5) is 4.39 Å². The summed E-state index contributed by atoms with van der Waals surface area (Å²) >= 11 is 0. The number of ketones is 1. The molecular weight excluding hydrogens is 235 g/mol. The minimum Gasteiger partial charge on any atom is -0.291 e. The van der Waals surface area contributed by atoms with Crippen molar-refractivity contribution in [3.05, 3.63) is 70.6 Å². The molecule has 5 heteroatoms. The second-order valence-corrected chi connectivity index (χ2v) is 3.66. The van der Waals surface area contributed by atoms with Crippen molar-refractivity contribution >= 4 is 5.78 Å². The summed E-state index contributed by atoms with van der Waals surface area (Å²) in [6.07, 6.45) is 2.96. The van der Waals surface area contributed by atoms with E-state index in [2.05, 4.69) is 10.2 Å². The molecule has 4 nitrogen and oxygen atoms in total. The Bertz CT molecular complexity index is 555. The zero-order chi connectivity index (χ0) is 13.0. The van der Waals surface area contributed by atoms with Crippen LogP contribution in [0.15, 0.2) is 54.0 Å². The van der Waals surface area contributed by atoms with Crippen molar-refractivity contribution in [3.63, 3.8) is 0 Å². The lowest BCUT2D eigenvalue weighted by Crippen LogP contribution is -2.10. The number of carbonyl (C=O) groups is 1. The first-order chi connectivity index (χ1) is 8.72. The lowest BCUT2D eigenvalue weighted by atomic mass is 9.99. The van der Waals surface area contributed by atoms with E-state index in [0.717, 1.165) is 0 Å². The van der Waals surface area contributed by atoms with Crippen LogP contribution in [0, 0.1) is 10.7 Å². The molecule has 0 aliphatic heterocycles. The van der Waals surface area contributed by atoms with Gasteiger partial charge in [0.2, 0.25) is 0 Å². The summed E-state index contributed by atoms with van der Waals surface area (Å²) in [6, 6.07) is 6.97. The fraction of sp³-hybridized carbons (Fsp3) is 0.0769. The van der Waals surface area contributed by atoms with Gasteiger partial charge in [-0.15, -0.1) is 4.91 Å². The number of rotatable bonds is 4. The van der Waals surface area contributed by atoms with Crippen molar-refractivity contribution in [2.24, 2.45) is 5.18 Å². The highest BCUT2D eigenvalue weighted by Gasteiger charge is 2.22. The standard InChI is InChI=1S/C13H9FN2O2/c14-11-3-1-10(2-4-11)13(17)12(16-18)9-5-7-15-8-6-9/h1-8,12H. The molecule has 1 atom stereocenters. The molecule has 0 bridgehead atoms. The molecule has 1 unspecified atom stereocenters. The van der Waals surface area contributed by atoms with E-state index in [9.17, 15) is 14.1 Å². The summed E-state index contributed by atoms with van der Waals surface area (Å²) in [7, 11) is 0. The molecule has 18 heavy (non-hydrogen) atoms. The number of benzene rings is 1. The van der Waals surface area contributed by atoms with E-state index in [1.165, 1.54) is 36.7 Å². The van der Waals surface area contributed by atoms with Gasteiger partial charge in [0.05, 0.1) is 0 Å². The molecule has 0 amide bonds. The van der Waals surface area contributed by atoms with Crippen molar-refractivity contribution in [1.82, 2.24) is 4.98 Å². The maximum atomic E-state index is 12.8. The van der Waals surface area contributed by atoms with Crippen LogP contribution >= 0.6 is 0 Å². The molecule has 0 saturated heterocycles. The fourth-order valence-electron chi connectivity index (χ4n) is 1.58. The van der Waals surface area contributed by atoms with Gasteiger partial charge in [-0.05, 0) is 42.0 Å². The molecule has 0 aliphatic rings. The highest BCUT2D eigenvalue weighted by molar-refractivity contribution is 6.00. The second-order valence-electron chi connectivity index (χ2n) is 3.66. The van der Waals surface area contributed by atoms with Crippen LogP contribution in [-0.4, -0.2) is 10.8 Å². The zero-order valence-electron chi connectivity index (χ0n) is 9.29. The van der Waals surface area contributed by atoms with Crippen molar-refractivity contribution in [1.29, 1.82) is 0 Å². The van der Waals surface area contributed by atoms with Crippen molar-refractivity contribution in [2.75, 3.05) is 0 Å². The molecule has 1 aromatic heterocycles. The largest absolute Gasteiger partial charge is 0.291 e. The summed E-state index contributed by atoms with van der Waals surface area (Å²) in [5, 5.41) is 2.84. The normalized spacial score (nSPS) is 11.8. The fourth-order valence-corrected chi connectivity index (χ4v) is 1.58. The van der Waals surface area contributed by atoms with Gasteiger partial charge in [0.1, 0.15) is 5.82 Å². The first kappa shape index (κ1) is 12.0. The van der Waals surface area contributed by atoms with Gasteiger partial charge >= 0.3 is 0 Å². The number of nitroso groups, excluding NO2 is 1. The third-order valence-electron chi connectivity index (χ3n) is 2.50. The minimum absolute atomic E-state index is 0.248. The Balaban J connectivity index is 2.31. The number of hydrogen-bond acceptors (Lipinski definition) is 4. The van der Waals surface area contributed by atoms with Crippen molar-refractivity contribution in [3.8, 4) is 0 Å². The summed E-state index contributed by atoms with van der Waals surface area (Å²) in [5.41, 5.74) is 0.715. The molecule has 2 aromatic rings. The predicted octanol–water partition coefficient (Wildman–Crippen LogP) is 2.91. The first-order valence-electron chi connectivity index (χ1n) is 5.24. The summed E-state index contributed by atoms with van der Waals surface area (Å²) in [6.45, 7) is 0. The molecule has 1 heterocycles. The van der Waals surface area contributed by atoms with E-state index >= 15 is 0 Å². The van der Waals surface area contributed by atoms with E-state index in [-0.39, 0.29) is 5.56 Å². The van der Waals surface area contributed by atoms with Crippen LogP contribution in [0.1, 0.15) is 22.0 Å². The molecular formula is C13H9FN2O2. The Morgan fingerprint density at radius 2 is 1.72 bits per heavy atom. The van der Waals surface area contributed by atoms with Crippen LogP contribution in [0.5, 0.6) is 0 Å². The Hall–Kier alpha value is -2.43. The predicted molar refractivity (Wildman–Crippen MR) is 63.5 cm³/mol. The molecule has 0 saturated carbocycles. The van der Waals surface area contributed by atoms with Gasteiger partial charge in [0, 0.05) is 18.0 Å². The third kappa shape index (κ3) is 2.45. The van der Waals surface area contributed by atoms with E-state index < -0.39 is 17.6 Å². The SMILES string of the molecule is O=NC(C(=O)c1ccc(F)cc1)c1ccncc1. The Labute approximate surface area is 102 Å². The van der Waals surface area contributed by atoms with E-state index in [4.69, 9.17) is 0 Å². The smallest absolute Gasteiger partial charge is 0.195 e. The molecule has 0 fully saturated rings. The van der Waals surface area contributed by atoms with E-state index in [1.54, 1.807) is 12.1 Å². The van der Waals surface area contributed by atoms with E-state index in [0.29, 0.717) is 5.56 Å².